The summed E-state index contributed by atoms with van der Waals surface area (Å²) in [6, 6.07) is 8.92. The van der Waals surface area contributed by atoms with Crippen molar-refractivity contribution in [1.82, 2.24) is 4.68 Å². The first-order valence-corrected chi connectivity index (χ1v) is 10.2. The van der Waals surface area contributed by atoms with Gasteiger partial charge >= 0.3 is 6.18 Å². The minimum Gasteiger partial charge on any atom is -0.253 e. The third-order valence-electron chi connectivity index (χ3n) is 3.40. The Morgan fingerprint density at radius 3 is 2.70 bits per heavy atom. The maximum atomic E-state index is 12.9. The van der Waals surface area contributed by atoms with E-state index in [0.717, 1.165) is 26.5 Å². The molecule has 0 atom stereocenters. The summed E-state index contributed by atoms with van der Waals surface area (Å²) in [5.41, 5.74) is 0.471. The van der Waals surface area contributed by atoms with Crippen molar-refractivity contribution in [2.75, 3.05) is 6.54 Å². The summed E-state index contributed by atoms with van der Waals surface area (Å²) in [5.74, 6) is 0. The van der Waals surface area contributed by atoms with Crippen LogP contribution in [0.1, 0.15) is 11.1 Å². The molecular weight excluding hydrogens is 459 g/mol. The van der Waals surface area contributed by atoms with Gasteiger partial charge < -0.3 is 0 Å². The number of thiazole rings is 1. The lowest BCUT2D eigenvalue weighted by atomic mass is 10.1. The van der Waals surface area contributed by atoms with E-state index in [2.05, 4.69) is 32.6 Å². The molecule has 9 heteroatoms. The van der Waals surface area contributed by atoms with Gasteiger partial charge in [0.25, 0.3) is 0 Å². The smallest absolute Gasteiger partial charge is 0.253 e. The van der Waals surface area contributed by atoms with Gasteiger partial charge in [0.1, 0.15) is 0 Å². The van der Waals surface area contributed by atoms with Crippen LogP contribution < -0.4 is 4.80 Å². The summed E-state index contributed by atoms with van der Waals surface area (Å²) < 4.78 is 41.3. The molecule has 0 aliphatic carbocycles. The Labute approximate surface area is 170 Å². The summed E-state index contributed by atoms with van der Waals surface area (Å²) in [6.07, 6.45) is -1.32. The van der Waals surface area contributed by atoms with E-state index in [4.69, 9.17) is 0 Å². The molecule has 2 heterocycles. The number of nitrogens with zero attached hydrogens (tertiary/aromatic N) is 3. The fourth-order valence-electron chi connectivity index (χ4n) is 2.20. The van der Waals surface area contributed by atoms with E-state index in [1.165, 1.54) is 35.0 Å². The maximum absolute atomic E-state index is 12.9. The number of halogens is 4. The molecule has 0 saturated heterocycles. The van der Waals surface area contributed by atoms with Crippen LogP contribution in [0.15, 0.2) is 68.3 Å². The number of thiophene rings is 1. The zero-order chi connectivity index (χ0) is 19.4. The molecule has 0 aliphatic rings. The van der Waals surface area contributed by atoms with Crippen molar-refractivity contribution < 1.29 is 13.2 Å². The standard InChI is InChI=1S/C18H13BrF3N3S2/c1-2-8-23-17-25(14(11-26-17)15-6-7-16(19)27-15)24-10-12-4-3-5-13(9-12)18(20,21)22/h2-7,9-11H,1,8H2/b23-17?,24-10+. The Bertz CT molecular complexity index is 1040. The zero-order valence-corrected chi connectivity index (χ0v) is 17.0. The Kier molecular flexibility index (Phi) is 6.13. The maximum Gasteiger partial charge on any atom is 0.416 e. The summed E-state index contributed by atoms with van der Waals surface area (Å²) in [7, 11) is 0. The molecule has 3 aromatic rings. The predicted molar refractivity (Wildman–Crippen MR) is 108 cm³/mol. The zero-order valence-electron chi connectivity index (χ0n) is 13.8. The summed E-state index contributed by atoms with van der Waals surface area (Å²) >= 11 is 6.38. The van der Waals surface area contributed by atoms with Gasteiger partial charge in [0.05, 0.1) is 32.7 Å². The first-order chi connectivity index (χ1) is 12.9. The monoisotopic (exact) mass is 471 g/mol. The van der Waals surface area contributed by atoms with Gasteiger partial charge in [0.15, 0.2) is 0 Å². The SMILES string of the molecule is C=CCN=c1scc(-c2ccc(Br)s2)n1/N=C/c1cccc(C(F)(F)F)c1. The fraction of sp³-hybridized carbons (Fsp3) is 0.111. The van der Waals surface area contributed by atoms with Crippen molar-refractivity contribution in [1.29, 1.82) is 0 Å². The Morgan fingerprint density at radius 2 is 2.04 bits per heavy atom. The molecule has 3 rings (SSSR count). The van der Waals surface area contributed by atoms with Crippen LogP contribution in [0.25, 0.3) is 10.6 Å². The van der Waals surface area contributed by atoms with E-state index in [1.807, 2.05) is 17.5 Å². The molecule has 0 aliphatic heterocycles. The molecule has 2 aromatic heterocycles. The molecule has 0 saturated carbocycles. The van der Waals surface area contributed by atoms with Crippen molar-refractivity contribution in [3.63, 3.8) is 0 Å². The van der Waals surface area contributed by atoms with Crippen molar-refractivity contribution in [2.24, 2.45) is 10.1 Å². The number of benzene rings is 1. The van der Waals surface area contributed by atoms with Crippen LogP contribution in [-0.2, 0) is 6.18 Å². The average Bonchev–Trinajstić information content (AvgIpc) is 3.23. The van der Waals surface area contributed by atoms with Gasteiger partial charge in [-0.1, -0.05) is 18.2 Å². The number of rotatable bonds is 5. The Morgan fingerprint density at radius 1 is 1.22 bits per heavy atom. The number of aromatic nitrogens is 1. The average molecular weight is 472 g/mol. The highest BCUT2D eigenvalue weighted by Gasteiger charge is 2.30. The fourth-order valence-corrected chi connectivity index (χ4v) is 4.50. The minimum atomic E-state index is -4.39. The second kappa shape index (κ2) is 8.37. The largest absolute Gasteiger partial charge is 0.416 e. The minimum absolute atomic E-state index is 0.358. The third-order valence-corrected chi connectivity index (χ3v) is 5.90. The van der Waals surface area contributed by atoms with Crippen LogP contribution in [0.5, 0.6) is 0 Å². The molecule has 27 heavy (non-hydrogen) atoms. The molecule has 0 radical (unpaired) electrons. The molecule has 140 valence electrons. The highest BCUT2D eigenvalue weighted by Crippen LogP contribution is 2.32. The molecule has 0 fully saturated rings. The van der Waals surface area contributed by atoms with Crippen LogP contribution in [0.2, 0.25) is 0 Å². The first kappa shape index (κ1) is 19.8. The Hall–Kier alpha value is -1.97. The lowest BCUT2D eigenvalue weighted by Crippen LogP contribution is -2.12. The second-order valence-corrected chi connectivity index (χ2v) is 8.62. The topological polar surface area (TPSA) is 29.6 Å². The van der Waals surface area contributed by atoms with Crippen molar-refractivity contribution >= 4 is 44.8 Å². The molecule has 0 bridgehead atoms. The van der Waals surface area contributed by atoms with Crippen LogP contribution in [0, 0.1) is 0 Å². The normalized spacial score (nSPS) is 12.8. The van der Waals surface area contributed by atoms with Gasteiger partial charge in [-0.2, -0.15) is 18.3 Å². The van der Waals surface area contributed by atoms with Gasteiger partial charge in [0, 0.05) is 5.38 Å². The van der Waals surface area contributed by atoms with Crippen LogP contribution in [0.3, 0.4) is 0 Å². The second-order valence-electron chi connectivity index (χ2n) is 5.32. The molecule has 0 spiro atoms. The van der Waals surface area contributed by atoms with Crippen molar-refractivity contribution in [3.05, 3.63) is 74.1 Å². The van der Waals surface area contributed by atoms with Gasteiger partial charge in [-0.3, -0.25) is 4.99 Å². The van der Waals surface area contributed by atoms with E-state index in [1.54, 1.807) is 16.8 Å². The molecule has 0 amide bonds. The van der Waals surface area contributed by atoms with E-state index < -0.39 is 11.7 Å². The highest BCUT2D eigenvalue weighted by atomic mass is 79.9. The summed E-state index contributed by atoms with van der Waals surface area (Å²) in [6.45, 7) is 4.08. The van der Waals surface area contributed by atoms with Crippen LogP contribution >= 0.6 is 38.6 Å². The number of hydrogen-bond acceptors (Lipinski definition) is 4. The number of alkyl halides is 3. The van der Waals surface area contributed by atoms with Gasteiger partial charge in [0.2, 0.25) is 4.80 Å². The Balaban J connectivity index is 2.04. The van der Waals surface area contributed by atoms with E-state index in [9.17, 15) is 13.2 Å². The highest BCUT2D eigenvalue weighted by molar-refractivity contribution is 9.11. The van der Waals surface area contributed by atoms with Crippen LogP contribution in [-0.4, -0.2) is 17.4 Å². The van der Waals surface area contributed by atoms with Crippen LogP contribution in [0.4, 0.5) is 13.2 Å². The predicted octanol–water partition coefficient (Wildman–Crippen LogP) is 6.03. The molecule has 0 N–H and O–H groups in total. The van der Waals surface area contributed by atoms with E-state index in [-0.39, 0.29) is 0 Å². The first-order valence-electron chi connectivity index (χ1n) is 7.68. The van der Waals surface area contributed by atoms with E-state index in [0.29, 0.717) is 16.9 Å². The molecule has 0 unspecified atom stereocenters. The lowest BCUT2D eigenvalue weighted by Gasteiger charge is -2.06. The third kappa shape index (κ3) is 4.85. The quantitative estimate of drug-likeness (QED) is 0.321. The summed E-state index contributed by atoms with van der Waals surface area (Å²) in [5, 5.41) is 6.32. The molecule has 1 aromatic carbocycles. The number of hydrogen-bond donors (Lipinski definition) is 0. The van der Waals surface area contributed by atoms with Crippen molar-refractivity contribution in [2.45, 2.75) is 6.18 Å². The van der Waals surface area contributed by atoms with Gasteiger partial charge in [-0.15, -0.1) is 29.3 Å². The lowest BCUT2D eigenvalue weighted by molar-refractivity contribution is -0.137. The van der Waals surface area contributed by atoms with Gasteiger partial charge in [-0.25, -0.2) is 4.68 Å². The molecular formula is C18H13BrF3N3S2. The summed E-state index contributed by atoms with van der Waals surface area (Å²) in [4.78, 5) is 6.02. The van der Waals surface area contributed by atoms with Gasteiger partial charge in [-0.05, 0) is 45.8 Å². The molecule has 3 nitrogen and oxygen atoms in total. The van der Waals surface area contributed by atoms with Crippen molar-refractivity contribution in [3.8, 4) is 10.6 Å². The van der Waals surface area contributed by atoms with E-state index >= 15 is 0 Å².